The summed E-state index contributed by atoms with van der Waals surface area (Å²) in [6.45, 7) is 2.22. The van der Waals surface area contributed by atoms with Crippen molar-refractivity contribution < 1.29 is 0 Å². The van der Waals surface area contributed by atoms with Gasteiger partial charge in [0.2, 0.25) is 0 Å². The van der Waals surface area contributed by atoms with Gasteiger partial charge in [-0.15, -0.1) is 0 Å². The number of aromatic nitrogens is 1. The molecule has 0 spiro atoms. The van der Waals surface area contributed by atoms with Gasteiger partial charge in [-0.05, 0) is 17.7 Å². The molecule has 1 aromatic carbocycles. The van der Waals surface area contributed by atoms with Crippen molar-refractivity contribution in [1.29, 1.82) is 5.26 Å². The van der Waals surface area contributed by atoms with Crippen LogP contribution in [0.4, 0.5) is 0 Å². The van der Waals surface area contributed by atoms with Gasteiger partial charge in [0.1, 0.15) is 11.6 Å². The van der Waals surface area contributed by atoms with Crippen molar-refractivity contribution >= 4 is 17.2 Å². The van der Waals surface area contributed by atoms with Crippen molar-refractivity contribution in [2.45, 2.75) is 13.5 Å². The van der Waals surface area contributed by atoms with Crippen molar-refractivity contribution in [1.82, 2.24) is 4.57 Å². The van der Waals surface area contributed by atoms with E-state index in [1.165, 1.54) is 0 Å². The second-order valence-corrected chi connectivity index (χ2v) is 5.30. The molecule has 0 saturated heterocycles. The maximum absolute atomic E-state index is 12.4. The molecule has 106 valence electrons. The summed E-state index contributed by atoms with van der Waals surface area (Å²) in [4.78, 5) is 12.8. The Balaban J connectivity index is 2.61. The minimum absolute atomic E-state index is 0.116. The molecule has 2 rings (SSSR count). The first kappa shape index (κ1) is 14.9. The van der Waals surface area contributed by atoms with Gasteiger partial charge in [-0.1, -0.05) is 49.5 Å². The van der Waals surface area contributed by atoms with E-state index in [1.54, 1.807) is 16.7 Å². The van der Waals surface area contributed by atoms with Crippen LogP contribution in [-0.4, -0.2) is 9.56 Å². The molecule has 1 aromatic heterocycles. The van der Waals surface area contributed by atoms with Crippen molar-refractivity contribution in [3.05, 3.63) is 58.4 Å². The van der Waals surface area contributed by atoms with Crippen LogP contribution in [0.25, 0.3) is 11.3 Å². The van der Waals surface area contributed by atoms with Gasteiger partial charge in [-0.3, -0.25) is 4.79 Å². The summed E-state index contributed by atoms with van der Waals surface area (Å²) >= 11 is 4.98. The molecule has 0 saturated carbocycles. The van der Waals surface area contributed by atoms with Gasteiger partial charge in [0.25, 0.3) is 5.56 Å². The highest BCUT2D eigenvalue weighted by Gasteiger charge is 2.14. The largest absolute Gasteiger partial charge is 0.393 e. The molecule has 2 N–H and O–H groups in total. The van der Waals surface area contributed by atoms with Gasteiger partial charge in [0.15, 0.2) is 0 Å². The highest BCUT2D eigenvalue weighted by Crippen LogP contribution is 2.19. The Morgan fingerprint density at radius 2 is 2.00 bits per heavy atom. The normalized spacial score (nSPS) is 11.6. The zero-order chi connectivity index (χ0) is 15.4. The lowest BCUT2D eigenvalue weighted by Gasteiger charge is -2.17. The third-order valence-corrected chi connectivity index (χ3v) is 3.71. The van der Waals surface area contributed by atoms with E-state index in [9.17, 15) is 4.79 Å². The summed E-state index contributed by atoms with van der Waals surface area (Å²) in [5.41, 5.74) is 7.11. The molecule has 0 radical (unpaired) electrons. The van der Waals surface area contributed by atoms with E-state index in [2.05, 4.69) is 0 Å². The van der Waals surface area contributed by atoms with Crippen LogP contribution in [-0.2, 0) is 6.54 Å². The maximum atomic E-state index is 12.4. The third-order valence-electron chi connectivity index (χ3n) is 3.31. The molecule has 0 fully saturated rings. The molecule has 21 heavy (non-hydrogen) atoms. The molecule has 1 unspecified atom stereocenters. The minimum Gasteiger partial charge on any atom is -0.393 e. The number of thiocarbonyl (C=S) groups is 1. The number of benzene rings is 1. The predicted molar refractivity (Wildman–Crippen MR) is 86.8 cm³/mol. The predicted octanol–water partition coefficient (Wildman–Crippen LogP) is 2.31. The van der Waals surface area contributed by atoms with Gasteiger partial charge >= 0.3 is 0 Å². The van der Waals surface area contributed by atoms with Crippen LogP contribution in [0.1, 0.15) is 12.5 Å². The summed E-state index contributed by atoms with van der Waals surface area (Å²) in [5.74, 6) is -0.130. The van der Waals surface area contributed by atoms with Gasteiger partial charge in [-0.2, -0.15) is 5.26 Å². The molecule has 5 heteroatoms. The quantitative estimate of drug-likeness (QED) is 0.879. The number of rotatable bonds is 4. The summed E-state index contributed by atoms with van der Waals surface area (Å²) in [6, 6.07) is 14.8. The third kappa shape index (κ3) is 3.18. The monoisotopic (exact) mass is 297 g/mol. The highest BCUT2D eigenvalue weighted by molar-refractivity contribution is 7.80. The van der Waals surface area contributed by atoms with E-state index in [4.69, 9.17) is 23.2 Å². The fourth-order valence-corrected chi connectivity index (χ4v) is 2.14. The molecule has 1 heterocycles. The molecule has 0 aliphatic carbocycles. The first-order valence-corrected chi connectivity index (χ1v) is 6.94. The Labute approximate surface area is 128 Å². The fraction of sp³-hybridized carbons (Fsp3) is 0.188. The van der Waals surface area contributed by atoms with Gasteiger partial charge < -0.3 is 10.3 Å². The van der Waals surface area contributed by atoms with Gasteiger partial charge in [0.05, 0.1) is 10.7 Å². The average molecular weight is 297 g/mol. The van der Waals surface area contributed by atoms with E-state index in [0.717, 1.165) is 11.3 Å². The van der Waals surface area contributed by atoms with Gasteiger partial charge in [-0.25, -0.2) is 0 Å². The van der Waals surface area contributed by atoms with Crippen LogP contribution >= 0.6 is 12.2 Å². The van der Waals surface area contributed by atoms with Crippen LogP contribution in [0.3, 0.4) is 0 Å². The van der Waals surface area contributed by atoms with Crippen LogP contribution in [0, 0.1) is 17.2 Å². The molecule has 2 aromatic rings. The van der Waals surface area contributed by atoms with Crippen LogP contribution < -0.4 is 11.3 Å². The molecular formula is C16H15N3OS. The SMILES string of the molecule is CC(Cn1c(-c2ccccc2)ccc(C#N)c1=O)C(N)=S. The zero-order valence-electron chi connectivity index (χ0n) is 11.6. The minimum atomic E-state index is -0.318. The first-order chi connectivity index (χ1) is 10.0. The summed E-state index contributed by atoms with van der Waals surface area (Å²) in [6.07, 6.45) is 0. The lowest BCUT2D eigenvalue weighted by molar-refractivity contribution is 0.586. The van der Waals surface area contributed by atoms with Crippen LogP contribution in [0.2, 0.25) is 0 Å². The molecule has 4 nitrogen and oxygen atoms in total. The average Bonchev–Trinajstić information content (AvgIpc) is 2.49. The Morgan fingerprint density at radius 1 is 1.33 bits per heavy atom. The second kappa shape index (κ2) is 6.33. The summed E-state index contributed by atoms with van der Waals surface area (Å²) < 4.78 is 1.57. The standard InChI is InChI=1S/C16H15N3OS/c1-11(15(18)21)10-19-14(12-5-3-2-4-6-12)8-7-13(9-17)16(19)20/h2-8,11H,10H2,1H3,(H2,18,21). The highest BCUT2D eigenvalue weighted by atomic mass is 32.1. The van der Waals surface area contributed by atoms with Crippen molar-refractivity contribution in [2.75, 3.05) is 0 Å². The molecule has 0 aliphatic heterocycles. The number of nitrogens with zero attached hydrogens (tertiary/aromatic N) is 2. The molecule has 1 atom stereocenters. The molecular weight excluding hydrogens is 282 g/mol. The lowest BCUT2D eigenvalue weighted by atomic mass is 10.1. The van der Waals surface area contributed by atoms with Crippen LogP contribution in [0.15, 0.2) is 47.3 Å². The van der Waals surface area contributed by atoms with Crippen LogP contribution in [0.5, 0.6) is 0 Å². The Hall–Kier alpha value is -2.45. The van der Waals surface area contributed by atoms with Crippen molar-refractivity contribution in [2.24, 2.45) is 11.7 Å². The number of hydrogen-bond acceptors (Lipinski definition) is 3. The summed E-state index contributed by atoms with van der Waals surface area (Å²) in [5, 5.41) is 9.03. The van der Waals surface area contributed by atoms with E-state index >= 15 is 0 Å². The van der Waals surface area contributed by atoms with Gasteiger partial charge in [0, 0.05) is 12.5 Å². The summed E-state index contributed by atoms with van der Waals surface area (Å²) in [7, 11) is 0. The molecule has 0 amide bonds. The maximum Gasteiger partial charge on any atom is 0.268 e. The number of nitriles is 1. The smallest absolute Gasteiger partial charge is 0.268 e. The lowest BCUT2D eigenvalue weighted by Crippen LogP contribution is -2.31. The molecule has 0 bridgehead atoms. The van der Waals surface area contributed by atoms with Crippen molar-refractivity contribution in [3.63, 3.8) is 0 Å². The van der Waals surface area contributed by atoms with E-state index in [1.807, 2.05) is 43.3 Å². The van der Waals surface area contributed by atoms with Crippen molar-refractivity contribution in [3.8, 4) is 17.3 Å². The first-order valence-electron chi connectivity index (χ1n) is 6.53. The number of pyridine rings is 1. The number of hydrogen-bond donors (Lipinski definition) is 1. The topological polar surface area (TPSA) is 71.8 Å². The Morgan fingerprint density at radius 3 is 2.57 bits per heavy atom. The Bertz CT molecular complexity index is 759. The van der Waals surface area contributed by atoms with E-state index in [-0.39, 0.29) is 17.0 Å². The Kier molecular flexibility index (Phi) is 4.51. The zero-order valence-corrected chi connectivity index (χ0v) is 12.4. The second-order valence-electron chi connectivity index (χ2n) is 4.83. The van der Waals surface area contributed by atoms with E-state index in [0.29, 0.717) is 11.5 Å². The molecule has 0 aliphatic rings. The fourth-order valence-electron chi connectivity index (χ4n) is 2.07. The number of nitrogens with two attached hydrogens (primary N) is 1. The van der Waals surface area contributed by atoms with E-state index < -0.39 is 0 Å².